The molecule has 5 heteroatoms. The molecule has 2 aliphatic rings. The van der Waals surface area contributed by atoms with Gasteiger partial charge in [0, 0.05) is 19.3 Å². The lowest BCUT2D eigenvalue weighted by molar-refractivity contribution is -0.947. The fourth-order valence-electron chi connectivity index (χ4n) is 4.70. The predicted octanol–water partition coefficient (Wildman–Crippen LogP) is 2.57. The first-order valence-electron chi connectivity index (χ1n) is 8.81. The molecular formula is C20H26NO4+. The third-order valence-corrected chi connectivity index (χ3v) is 5.97. The van der Waals surface area contributed by atoms with Crippen molar-refractivity contribution >= 4 is 11.9 Å². The van der Waals surface area contributed by atoms with Gasteiger partial charge < -0.3 is 14.0 Å². The Labute approximate surface area is 148 Å². The lowest BCUT2D eigenvalue weighted by Gasteiger charge is -2.49. The number of nitrogens with zero attached hydrogens (tertiary/aromatic N) is 1. The minimum Gasteiger partial charge on any atom is -0.469 e. The van der Waals surface area contributed by atoms with Gasteiger partial charge in [-0.05, 0) is 18.2 Å². The minimum atomic E-state index is -0.436. The summed E-state index contributed by atoms with van der Waals surface area (Å²) < 4.78 is 11.6. The Morgan fingerprint density at radius 2 is 2.00 bits per heavy atom. The van der Waals surface area contributed by atoms with Crippen molar-refractivity contribution < 1.29 is 23.5 Å². The highest BCUT2D eigenvalue weighted by Crippen LogP contribution is 2.45. The van der Waals surface area contributed by atoms with Crippen LogP contribution in [-0.4, -0.2) is 55.3 Å². The molecule has 1 aromatic carbocycles. The fraction of sp³-hybridized carbons (Fsp3) is 0.500. The summed E-state index contributed by atoms with van der Waals surface area (Å²) in [4.78, 5) is 25.0. The SMILES string of the molecule is C=CC[N+]1(C)[C@H]2CC[C@@H]1[C@@H](C(=O)OC)[C@@H](OC(=O)c1ccccc1)C2. The molecule has 0 N–H and O–H groups in total. The molecule has 2 bridgehead atoms. The number of quaternary nitrogens is 1. The van der Waals surface area contributed by atoms with Crippen LogP contribution >= 0.6 is 0 Å². The topological polar surface area (TPSA) is 52.6 Å². The molecule has 0 spiro atoms. The van der Waals surface area contributed by atoms with Crippen LogP contribution in [-0.2, 0) is 14.3 Å². The van der Waals surface area contributed by atoms with E-state index in [2.05, 4.69) is 13.6 Å². The highest BCUT2D eigenvalue weighted by atomic mass is 16.6. The maximum absolute atomic E-state index is 12.5. The van der Waals surface area contributed by atoms with Crippen LogP contribution in [0.25, 0.3) is 0 Å². The van der Waals surface area contributed by atoms with E-state index in [0.29, 0.717) is 18.0 Å². The fourth-order valence-corrected chi connectivity index (χ4v) is 4.70. The summed E-state index contributed by atoms with van der Waals surface area (Å²) in [6.45, 7) is 4.68. The molecule has 2 fully saturated rings. The zero-order valence-electron chi connectivity index (χ0n) is 14.9. The second-order valence-electron chi connectivity index (χ2n) is 7.21. The van der Waals surface area contributed by atoms with E-state index < -0.39 is 12.0 Å². The summed E-state index contributed by atoms with van der Waals surface area (Å²) in [5.74, 6) is -1.09. The molecule has 0 radical (unpaired) electrons. The number of methoxy groups -OCH3 is 1. The molecule has 5 nitrogen and oxygen atoms in total. The summed E-state index contributed by atoms with van der Waals surface area (Å²) in [7, 11) is 3.58. The third kappa shape index (κ3) is 3.09. The molecule has 1 aromatic rings. The van der Waals surface area contributed by atoms with Crippen molar-refractivity contribution in [1.29, 1.82) is 0 Å². The van der Waals surface area contributed by atoms with Gasteiger partial charge in [-0.2, -0.15) is 0 Å². The zero-order chi connectivity index (χ0) is 18.0. The summed E-state index contributed by atoms with van der Waals surface area (Å²) in [5.41, 5.74) is 0.507. The van der Waals surface area contributed by atoms with Crippen LogP contribution < -0.4 is 0 Å². The normalized spacial score (nSPS) is 33.5. The van der Waals surface area contributed by atoms with Crippen molar-refractivity contribution in [3.63, 3.8) is 0 Å². The Hall–Kier alpha value is -2.14. The molecule has 2 saturated heterocycles. The average Bonchev–Trinajstić information content (AvgIpc) is 2.81. The van der Waals surface area contributed by atoms with Crippen molar-refractivity contribution in [3.8, 4) is 0 Å². The van der Waals surface area contributed by atoms with E-state index in [1.165, 1.54) is 7.11 Å². The molecular weight excluding hydrogens is 318 g/mol. The molecule has 134 valence electrons. The monoisotopic (exact) mass is 344 g/mol. The van der Waals surface area contributed by atoms with Crippen LogP contribution in [0.4, 0.5) is 0 Å². The average molecular weight is 344 g/mol. The number of esters is 2. The van der Waals surface area contributed by atoms with Gasteiger partial charge in [-0.3, -0.25) is 4.79 Å². The number of hydrogen-bond donors (Lipinski definition) is 0. The predicted molar refractivity (Wildman–Crippen MR) is 93.8 cm³/mol. The minimum absolute atomic E-state index is 0.0952. The zero-order valence-corrected chi connectivity index (χ0v) is 14.9. The number of carbonyl (C=O) groups is 2. The molecule has 0 aliphatic carbocycles. The van der Waals surface area contributed by atoms with Gasteiger partial charge in [-0.1, -0.05) is 24.8 Å². The number of likely N-dealkylation sites (N-methyl/N-ethyl adjacent to an activating group) is 1. The quantitative estimate of drug-likeness (QED) is 0.468. The third-order valence-electron chi connectivity index (χ3n) is 5.97. The van der Waals surface area contributed by atoms with E-state index in [1.54, 1.807) is 24.3 Å². The maximum atomic E-state index is 12.5. The molecule has 2 heterocycles. The first-order chi connectivity index (χ1) is 12.0. The lowest BCUT2D eigenvalue weighted by atomic mass is 9.85. The first kappa shape index (κ1) is 17.7. The van der Waals surface area contributed by atoms with Gasteiger partial charge in [0.05, 0.1) is 32.3 Å². The van der Waals surface area contributed by atoms with E-state index in [-0.39, 0.29) is 18.0 Å². The van der Waals surface area contributed by atoms with E-state index >= 15 is 0 Å². The number of hydrogen-bond acceptors (Lipinski definition) is 4. The lowest BCUT2D eigenvalue weighted by Crippen LogP contribution is -2.64. The van der Waals surface area contributed by atoms with E-state index in [0.717, 1.165) is 23.9 Å². The van der Waals surface area contributed by atoms with Gasteiger partial charge >= 0.3 is 11.9 Å². The number of piperidine rings is 1. The van der Waals surface area contributed by atoms with Crippen molar-refractivity contribution in [1.82, 2.24) is 0 Å². The van der Waals surface area contributed by atoms with E-state index in [1.807, 2.05) is 12.1 Å². The van der Waals surface area contributed by atoms with Crippen molar-refractivity contribution in [2.24, 2.45) is 5.92 Å². The van der Waals surface area contributed by atoms with Crippen LogP contribution in [0.2, 0.25) is 0 Å². The van der Waals surface area contributed by atoms with Gasteiger partial charge in [0.25, 0.3) is 0 Å². The highest BCUT2D eigenvalue weighted by Gasteiger charge is 2.60. The van der Waals surface area contributed by atoms with Crippen LogP contribution in [0.1, 0.15) is 29.6 Å². The Balaban J connectivity index is 1.85. The molecule has 2 aliphatic heterocycles. The highest BCUT2D eigenvalue weighted by molar-refractivity contribution is 5.89. The number of rotatable bonds is 5. The Morgan fingerprint density at radius 3 is 2.64 bits per heavy atom. The Morgan fingerprint density at radius 1 is 1.28 bits per heavy atom. The van der Waals surface area contributed by atoms with Gasteiger partial charge in [0.1, 0.15) is 18.1 Å². The second-order valence-corrected chi connectivity index (χ2v) is 7.21. The Bertz CT molecular complexity index is 659. The number of benzene rings is 1. The summed E-state index contributed by atoms with van der Waals surface area (Å²) in [6.07, 6.45) is 4.12. The maximum Gasteiger partial charge on any atom is 0.338 e. The summed E-state index contributed by atoms with van der Waals surface area (Å²) >= 11 is 0. The van der Waals surface area contributed by atoms with Crippen LogP contribution in [0, 0.1) is 5.92 Å². The summed E-state index contributed by atoms with van der Waals surface area (Å²) in [5, 5.41) is 0. The van der Waals surface area contributed by atoms with Crippen molar-refractivity contribution in [2.45, 2.75) is 37.5 Å². The molecule has 0 aromatic heterocycles. The van der Waals surface area contributed by atoms with E-state index in [9.17, 15) is 9.59 Å². The van der Waals surface area contributed by atoms with Gasteiger partial charge in [-0.25, -0.2) is 4.79 Å². The first-order valence-corrected chi connectivity index (χ1v) is 8.81. The largest absolute Gasteiger partial charge is 0.469 e. The number of fused-ring (bicyclic) bond motifs is 2. The number of carbonyl (C=O) groups excluding carboxylic acids is 2. The van der Waals surface area contributed by atoms with Crippen molar-refractivity contribution in [3.05, 3.63) is 48.6 Å². The van der Waals surface area contributed by atoms with Crippen molar-refractivity contribution in [2.75, 3.05) is 20.7 Å². The summed E-state index contributed by atoms with van der Waals surface area (Å²) in [6, 6.07) is 9.38. The molecule has 3 rings (SSSR count). The van der Waals surface area contributed by atoms with Crippen LogP contribution in [0.5, 0.6) is 0 Å². The molecule has 5 atom stereocenters. The molecule has 0 saturated carbocycles. The van der Waals surface area contributed by atoms with Crippen LogP contribution in [0.15, 0.2) is 43.0 Å². The van der Waals surface area contributed by atoms with Gasteiger partial charge in [0.15, 0.2) is 0 Å². The standard InChI is InChI=1S/C20H26NO4/c1-4-12-21(2)15-10-11-16(21)18(20(23)24-3)17(13-15)25-19(22)14-8-6-5-7-9-14/h4-9,15-18H,1,10-13H2,2-3H3/q+1/t15-,16+,17-,18+,21?/m0/s1. The smallest absolute Gasteiger partial charge is 0.338 e. The van der Waals surface area contributed by atoms with E-state index in [4.69, 9.17) is 9.47 Å². The molecule has 25 heavy (non-hydrogen) atoms. The van der Waals surface area contributed by atoms with Crippen LogP contribution in [0.3, 0.4) is 0 Å². The molecule has 1 unspecified atom stereocenters. The second kappa shape index (κ2) is 7.00. The number of ether oxygens (including phenoxy) is 2. The molecule has 0 amide bonds. The van der Waals surface area contributed by atoms with Gasteiger partial charge in [0.2, 0.25) is 0 Å². The Kier molecular flexibility index (Phi) is 4.95. The van der Waals surface area contributed by atoms with Gasteiger partial charge in [-0.15, -0.1) is 0 Å².